The van der Waals surface area contributed by atoms with Gasteiger partial charge >= 0.3 is 0 Å². The Morgan fingerprint density at radius 2 is 1.88 bits per heavy atom. The molecule has 7 heteroatoms. The van der Waals surface area contributed by atoms with E-state index in [1.54, 1.807) is 0 Å². The summed E-state index contributed by atoms with van der Waals surface area (Å²) in [6.07, 6.45) is 22.2. The molecule has 1 heterocycles. The molecule has 0 aromatic rings. The molecule has 2 fully saturated rings. The van der Waals surface area contributed by atoms with E-state index in [1.807, 2.05) is 6.08 Å². The Morgan fingerprint density at radius 3 is 2.61 bits per heavy atom. The van der Waals surface area contributed by atoms with Gasteiger partial charge in [0, 0.05) is 36.1 Å². The van der Waals surface area contributed by atoms with Crippen LogP contribution in [0, 0.1) is 41.4 Å². The van der Waals surface area contributed by atoms with Crippen molar-refractivity contribution < 1.29 is 30.5 Å². The molecule has 11 unspecified atom stereocenters. The number of carbonyl (C=O) groups excluding carboxylic acids is 1. The Bertz CT molecular complexity index is 879. The Hall–Kier alpha value is -1.25. The lowest BCUT2D eigenvalue weighted by Gasteiger charge is -2.41. The molecule has 1 saturated heterocycles. The first-order chi connectivity index (χ1) is 19.7. The minimum Gasteiger partial charge on any atom is -0.550 e. The number of unbranched alkanes of at least 4 members (excludes halogenated alkanes) is 4. The van der Waals surface area contributed by atoms with E-state index in [4.69, 9.17) is 5.73 Å². The number of aliphatic hydroxyl groups excluding tert-OH is 2. The molecule has 0 radical (unpaired) electrons. The van der Waals surface area contributed by atoms with Gasteiger partial charge in [-0.05, 0) is 75.5 Å². The van der Waals surface area contributed by atoms with Crippen molar-refractivity contribution in [3.63, 3.8) is 0 Å². The van der Waals surface area contributed by atoms with Crippen LogP contribution in [-0.2, 0) is 4.79 Å². The number of fused-ring (bicyclic) bond motifs is 1. The van der Waals surface area contributed by atoms with Crippen molar-refractivity contribution in [2.75, 3.05) is 6.54 Å². The van der Waals surface area contributed by atoms with E-state index in [2.05, 4.69) is 30.5 Å². The van der Waals surface area contributed by atoms with Crippen molar-refractivity contribution in [3.05, 3.63) is 24.3 Å². The van der Waals surface area contributed by atoms with E-state index >= 15 is 0 Å². The smallest absolute Gasteiger partial charge is 0.137 e. The summed E-state index contributed by atoms with van der Waals surface area (Å²) >= 11 is 0. The fraction of sp³-hybridized carbons (Fsp3) is 0.853. The SMILES string of the molecule is CCCCCC1C=CC(CCCCCC(C(=O)[O-])C(O)C2C=CC3C(CC4CC[NH2+]C(N)C4)CCC3(O)C2)C(O)C1. The zero-order valence-electron chi connectivity index (χ0n) is 25.4. The van der Waals surface area contributed by atoms with E-state index in [0.717, 1.165) is 57.9 Å². The topological polar surface area (TPSA) is 143 Å². The fourth-order valence-electron chi connectivity index (χ4n) is 8.62. The lowest BCUT2D eigenvalue weighted by molar-refractivity contribution is -0.699. The van der Waals surface area contributed by atoms with Gasteiger partial charge in [-0.15, -0.1) is 0 Å². The quantitative estimate of drug-likeness (QED) is 0.150. The molecule has 0 bridgehead atoms. The van der Waals surface area contributed by atoms with Crippen molar-refractivity contribution in [2.24, 2.45) is 47.2 Å². The maximum atomic E-state index is 12.1. The summed E-state index contributed by atoms with van der Waals surface area (Å²) in [4.78, 5) is 12.1. The molecule has 3 aliphatic carbocycles. The summed E-state index contributed by atoms with van der Waals surface area (Å²) in [6, 6.07) is 0. The first-order valence-corrected chi connectivity index (χ1v) is 16.9. The summed E-state index contributed by atoms with van der Waals surface area (Å²) < 4.78 is 0. The van der Waals surface area contributed by atoms with Crippen molar-refractivity contribution in [3.8, 4) is 0 Å². The largest absolute Gasteiger partial charge is 0.550 e. The van der Waals surface area contributed by atoms with Gasteiger partial charge in [-0.1, -0.05) is 69.8 Å². The van der Waals surface area contributed by atoms with Crippen LogP contribution in [0.3, 0.4) is 0 Å². The molecule has 4 aliphatic rings. The molecular formula is C34H58N2O5. The number of piperidine rings is 1. The van der Waals surface area contributed by atoms with Crippen LogP contribution < -0.4 is 16.2 Å². The molecular weight excluding hydrogens is 516 g/mol. The summed E-state index contributed by atoms with van der Waals surface area (Å²) in [5.74, 6) is -0.735. The molecule has 234 valence electrons. The van der Waals surface area contributed by atoms with Gasteiger partial charge in [0.15, 0.2) is 0 Å². The molecule has 4 rings (SSSR count). The highest BCUT2D eigenvalue weighted by Crippen LogP contribution is 2.51. The Kier molecular flexibility index (Phi) is 12.3. The number of nitrogens with two attached hydrogens (primary N) is 2. The monoisotopic (exact) mass is 574 g/mol. The summed E-state index contributed by atoms with van der Waals surface area (Å²) in [7, 11) is 0. The molecule has 1 aliphatic heterocycles. The van der Waals surface area contributed by atoms with Crippen molar-refractivity contribution in [2.45, 2.75) is 134 Å². The third kappa shape index (κ3) is 8.88. The predicted octanol–water partition coefficient (Wildman–Crippen LogP) is 2.78. The lowest BCUT2D eigenvalue weighted by atomic mass is 9.70. The zero-order chi connectivity index (χ0) is 29.4. The maximum absolute atomic E-state index is 12.1. The van der Waals surface area contributed by atoms with Crippen LogP contribution in [0.2, 0.25) is 0 Å². The van der Waals surface area contributed by atoms with Crippen molar-refractivity contribution in [1.29, 1.82) is 0 Å². The summed E-state index contributed by atoms with van der Waals surface area (Å²) in [5.41, 5.74) is 5.29. The number of hydrogen-bond donors (Lipinski definition) is 5. The highest BCUT2D eigenvalue weighted by molar-refractivity contribution is 5.68. The molecule has 0 amide bonds. The molecule has 0 aromatic carbocycles. The summed E-state index contributed by atoms with van der Waals surface area (Å²) in [5, 5.41) is 47.6. The molecule has 11 atom stereocenters. The highest BCUT2D eigenvalue weighted by atomic mass is 16.4. The maximum Gasteiger partial charge on any atom is 0.137 e. The molecule has 7 N–H and O–H groups in total. The second-order valence-corrected chi connectivity index (χ2v) is 14.2. The van der Waals surface area contributed by atoms with Crippen LogP contribution >= 0.6 is 0 Å². The van der Waals surface area contributed by atoms with E-state index in [0.29, 0.717) is 43.4 Å². The third-order valence-electron chi connectivity index (χ3n) is 11.1. The third-order valence-corrected chi connectivity index (χ3v) is 11.1. The van der Waals surface area contributed by atoms with Crippen LogP contribution in [0.5, 0.6) is 0 Å². The minimum atomic E-state index is -1.20. The van der Waals surface area contributed by atoms with Crippen LogP contribution in [0.1, 0.15) is 110 Å². The molecule has 0 spiro atoms. The predicted molar refractivity (Wildman–Crippen MR) is 159 cm³/mol. The normalized spacial score (nSPS) is 38.5. The van der Waals surface area contributed by atoms with Gasteiger partial charge in [0.25, 0.3) is 0 Å². The molecule has 7 nitrogen and oxygen atoms in total. The van der Waals surface area contributed by atoms with Gasteiger partial charge < -0.3 is 30.5 Å². The number of aliphatic carboxylic acids is 1. The van der Waals surface area contributed by atoms with Gasteiger partial charge in [-0.2, -0.15) is 0 Å². The van der Waals surface area contributed by atoms with Crippen LogP contribution in [0.25, 0.3) is 0 Å². The average molecular weight is 575 g/mol. The minimum absolute atomic E-state index is 0.0743. The Balaban J connectivity index is 1.21. The van der Waals surface area contributed by atoms with Crippen molar-refractivity contribution in [1.82, 2.24) is 0 Å². The highest BCUT2D eigenvalue weighted by Gasteiger charge is 2.50. The number of rotatable bonds is 15. The van der Waals surface area contributed by atoms with Gasteiger partial charge in [-0.25, -0.2) is 0 Å². The molecule has 1 saturated carbocycles. The number of allylic oxidation sites excluding steroid dienone is 1. The van der Waals surface area contributed by atoms with Crippen LogP contribution in [0.4, 0.5) is 0 Å². The number of carboxylic acids is 1. The molecule has 41 heavy (non-hydrogen) atoms. The first kappa shape index (κ1) is 32.7. The number of carboxylic acid groups (broad SMARTS) is 1. The van der Waals surface area contributed by atoms with Crippen LogP contribution in [0.15, 0.2) is 24.3 Å². The Labute approximate surface area is 248 Å². The van der Waals surface area contributed by atoms with E-state index < -0.39 is 23.6 Å². The van der Waals surface area contributed by atoms with E-state index in [1.165, 1.54) is 25.7 Å². The summed E-state index contributed by atoms with van der Waals surface area (Å²) in [6.45, 7) is 3.28. The van der Waals surface area contributed by atoms with Gasteiger partial charge in [0.1, 0.15) is 6.17 Å². The zero-order valence-corrected chi connectivity index (χ0v) is 25.4. The Morgan fingerprint density at radius 1 is 1.07 bits per heavy atom. The fourth-order valence-corrected chi connectivity index (χ4v) is 8.62. The standard InChI is InChI=1S/C34H58N2O5/c1-2-3-5-8-23-11-12-25(30(37)20-23)9-6-4-7-10-28(33(39)40)32(38)27-13-14-29-26(15-17-34(29,41)22-27)19-24-16-18-36-31(35)21-24/h11-14,23-32,36-38,41H,2-10,15-22,35H2,1H3,(H,39,40). The average Bonchev–Trinajstić information content (AvgIpc) is 3.26. The number of hydrogen-bond acceptors (Lipinski definition) is 6. The van der Waals surface area contributed by atoms with Gasteiger partial charge in [0.05, 0.1) is 24.4 Å². The van der Waals surface area contributed by atoms with E-state index in [-0.39, 0.29) is 30.0 Å². The second-order valence-electron chi connectivity index (χ2n) is 14.2. The van der Waals surface area contributed by atoms with E-state index in [9.17, 15) is 25.2 Å². The lowest BCUT2D eigenvalue weighted by Crippen LogP contribution is -2.94. The second kappa shape index (κ2) is 15.5. The number of carbonyl (C=O) groups is 1. The molecule has 0 aromatic heterocycles. The van der Waals surface area contributed by atoms with Gasteiger partial charge in [-0.3, -0.25) is 5.73 Å². The van der Waals surface area contributed by atoms with Crippen LogP contribution in [-0.4, -0.2) is 51.8 Å². The number of aliphatic hydroxyl groups is 3. The van der Waals surface area contributed by atoms with Gasteiger partial charge in [0.2, 0.25) is 0 Å². The van der Waals surface area contributed by atoms with Crippen molar-refractivity contribution >= 4 is 5.97 Å². The number of quaternary nitrogens is 1. The first-order valence-electron chi connectivity index (χ1n) is 16.9.